The van der Waals surface area contributed by atoms with Gasteiger partial charge in [0.1, 0.15) is 0 Å². The van der Waals surface area contributed by atoms with Crippen molar-refractivity contribution in [1.29, 1.82) is 0 Å². The van der Waals surface area contributed by atoms with Crippen LogP contribution in [-0.4, -0.2) is 18.0 Å². The highest BCUT2D eigenvalue weighted by atomic mass is 19.2. The molecular weight excluding hydrogens is 256 g/mol. The van der Waals surface area contributed by atoms with Gasteiger partial charge in [-0.05, 0) is 31.5 Å². The zero-order valence-corrected chi connectivity index (χ0v) is 10.5. The first-order valence-corrected chi connectivity index (χ1v) is 5.62. The van der Waals surface area contributed by atoms with Gasteiger partial charge in [0.25, 0.3) is 0 Å². The number of hydrogen-bond donors (Lipinski definition) is 3. The van der Waals surface area contributed by atoms with E-state index in [1.165, 1.54) is 13.0 Å². The largest absolute Gasteiger partial charge is 0.351 e. The molecule has 0 aliphatic carbocycles. The third-order valence-corrected chi connectivity index (χ3v) is 2.58. The Bertz CT molecular complexity index is 494. The van der Waals surface area contributed by atoms with Crippen molar-refractivity contribution in [1.82, 2.24) is 10.6 Å². The van der Waals surface area contributed by atoms with Gasteiger partial charge >= 0.3 is 6.03 Å². The lowest BCUT2D eigenvalue weighted by molar-refractivity contribution is -0.121. The van der Waals surface area contributed by atoms with Crippen molar-refractivity contribution < 1.29 is 18.4 Å². The summed E-state index contributed by atoms with van der Waals surface area (Å²) in [5.74, 6) is -2.49. The van der Waals surface area contributed by atoms with Crippen LogP contribution in [-0.2, 0) is 4.79 Å². The summed E-state index contributed by atoms with van der Waals surface area (Å²) in [6.45, 7) is 3.20. The van der Waals surface area contributed by atoms with E-state index < -0.39 is 35.7 Å². The molecule has 0 aromatic heterocycles. The molecule has 19 heavy (non-hydrogen) atoms. The molecule has 104 valence electrons. The van der Waals surface area contributed by atoms with Gasteiger partial charge in [-0.15, -0.1) is 0 Å². The molecule has 0 fully saturated rings. The standard InChI is InChI=1S/C12H15F2N3O2/c1-6(8-3-4-9(13)10(14)5-8)16-7(2)11(18)17-12(15)19/h3-7,16H,1-2H3,(H3,15,17,18,19)/t6-,7+/m0/s1. The van der Waals surface area contributed by atoms with Crippen LogP contribution in [0.2, 0.25) is 0 Å². The van der Waals surface area contributed by atoms with Gasteiger partial charge in [0.2, 0.25) is 5.91 Å². The quantitative estimate of drug-likeness (QED) is 0.769. The molecule has 0 saturated carbocycles. The summed E-state index contributed by atoms with van der Waals surface area (Å²) in [6, 6.07) is 1.41. The number of benzene rings is 1. The van der Waals surface area contributed by atoms with Gasteiger partial charge in [0.05, 0.1) is 6.04 Å². The van der Waals surface area contributed by atoms with Crippen molar-refractivity contribution in [3.8, 4) is 0 Å². The zero-order chi connectivity index (χ0) is 14.6. The Balaban J connectivity index is 2.68. The minimum Gasteiger partial charge on any atom is -0.351 e. The number of nitrogens with one attached hydrogen (secondary N) is 2. The molecule has 1 rings (SSSR count). The van der Waals surface area contributed by atoms with Crippen molar-refractivity contribution >= 4 is 11.9 Å². The lowest BCUT2D eigenvalue weighted by Crippen LogP contribution is -2.47. The molecule has 5 nitrogen and oxygen atoms in total. The SMILES string of the molecule is C[C@H](N[C@H](C)C(=O)NC(N)=O)c1ccc(F)c(F)c1. The first-order valence-electron chi connectivity index (χ1n) is 5.62. The molecule has 0 aliphatic heterocycles. The van der Waals surface area contributed by atoms with E-state index in [0.29, 0.717) is 5.56 Å². The molecule has 7 heteroatoms. The minimum absolute atomic E-state index is 0.399. The van der Waals surface area contributed by atoms with Gasteiger partial charge in [0.15, 0.2) is 11.6 Å². The van der Waals surface area contributed by atoms with Crippen LogP contribution in [0.4, 0.5) is 13.6 Å². The molecule has 1 aromatic carbocycles. The highest BCUT2D eigenvalue weighted by Crippen LogP contribution is 2.16. The predicted octanol–water partition coefficient (Wildman–Crippen LogP) is 1.20. The van der Waals surface area contributed by atoms with E-state index in [-0.39, 0.29) is 0 Å². The minimum atomic E-state index is -0.958. The van der Waals surface area contributed by atoms with Gasteiger partial charge in [-0.1, -0.05) is 6.07 Å². The Labute approximate surface area is 109 Å². The van der Waals surface area contributed by atoms with E-state index in [1.54, 1.807) is 6.92 Å². The van der Waals surface area contributed by atoms with Crippen molar-refractivity contribution in [3.05, 3.63) is 35.4 Å². The second-order valence-corrected chi connectivity index (χ2v) is 4.14. The van der Waals surface area contributed by atoms with Crippen LogP contribution in [0.25, 0.3) is 0 Å². The summed E-state index contributed by atoms with van der Waals surface area (Å²) in [6.07, 6.45) is 0. The van der Waals surface area contributed by atoms with Gasteiger partial charge < -0.3 is 5.73 Å². The number of imide groups is 1. The number of urea groups is 1. The summed E-state index contributed by atoms with van der Waals surface area (Å²) < 4.78 is 25.8. The van der Waals surface area contributed by atoms with E-state index in [9.17, 15) is 18.4 Å². The average molecular weight is 271 g/mol. The monoisotopic (exact) mass is 271 g/mol. The third kappa shape index (κ3) is 4.29. The van der Waals surface area contributed by atoms with E-state index in [0.717, 1.165) is 12.1 Å². The summed E-state index contributed by atoms with van der Waals surface area (Å²) in [4.78, 5) is 22.0. The van der Waals surface area contributed by atoms with Gasteiger partial charge in [0, 0.05) is 6.04 Å². The maximum absolute atomic E-state index is 13.1. The van der Waals surface area contributed by atoms with Gasteiger partial charge in [-0.2, -0.15) is 0 Å². The van der Waals surface area contributed by atoms with Crippen molar-refractivity contribution in [2.24, 2.45) is 5.73 Å². The Hall–Kier alpha value is -2.02. The second kappa shape index (κ2) is 6.24. The van der Waals surface area contributed by atoms with Crippen LogP contribution < -0.4 is 16.4 Å². The van der Waals surface area contributed by atoms with Crippen LogP contribution in [0.15, 0.2) is 18.2 Å². The molecule has 0 saturated heterocycles. The van der Waals surface area contributed by atoms with Crippen LogP contribution in [0.5, 0.6) is 0 Å². The second-order valence-electron chi connectivity index (χ2n) is 4.14. The molecular formula is C12H15F2N3O2. The number of primary amides is 1. The smallest absolute Gasteiger partial charge is 0.318 e. The number of halogens is 2. The fourth-order valence-electron chi connectivity index (χ4n) is 1.56. The molecule has 0 radical (unpaired) electrons. The van der Waals surface area contributed by atoms with Gasteiger partial charge in [-0.25, -0.2) is 13.6 Å². The number of nitrogens with two attached hydrogens (primary N) is 1. The first kappa shape index (κ1) is 15.0. The molecule has 0 unspecified atom stereocenters. The van der Waals surface area contributed by atoms with Crippen LogP contribution in [0.1, 0.15) is 25.5 Å². The Morgan fingerprint density at radius 1 is 1.21 bits per heavy atom. The Kier molecular flexibility index (Phi) is 4.94. The maximum Gasteiger partial charge on any atom is 0.318 e. The van der Waals surface area contributed by atoms with Crippen molar-refractivity contribution in [3.63, 3.8) is 0 Å². The van der Waals surface area contributed by atoms with Crippen molar-refractivity contribution in [2.75, 3.05) is 0 Å². The fraction of sp³-hybridized carbons (Fsp3) is 0.333. The topological polar surface area (TPSA) is 84.2 Å². The highest BCUT2D eigenvalue weighted by Gasteiger charge is 2.18. The molecule has 3 amide bonds. The number of hydrogen-bond acceptors (Lipinski definition) is 3. The number of carbonyl (C=O) groups excluding carboxylic acids is 2. The highest BCUT2D eigenvalue weighted by molar-refractivity contribution is 5.96. The Morgan fingerprint density at radius 3 is 2.37 bits per heavy atom. The number of rotatable bonds is 4. The summed E-state index contributed by atoms with van der Waals surface area (Å²) >= 11 is 0. The van der Waals surface area contributed by atoms with E-state index in [2.05, 4.69) is 5.32 Å². The van der Waals surface area contributed by atoms with E-state index >= 15 is 0 Å². The van der Waals surface area contributed by atoms with E-state index in [4.69, 9.17) is 5.73 Å². The lowest BCUT2D eigenvalue weighted by atomic mass is 10.1. The molecule has 1 aromatic rings. The first-order chi connectivity index (χ1) is 8.81. The average Bonchev–Trinajstić information content (AvgIpc) is 2.31. The number of amides is 3. The summed E-state index contributed by atoms with van der Waals surface area (Å²) in [5.41, 5.74) is 5.30. The maximum atomic E-state index is 13.1. The van der Waals surface area contributed by atoms with Crippen LogP contribution in [0, 0.1) is 11.6 Å². The molecule has 2 atom stereocenters. The predicted molar refractivity (Wildman–Crippen MR) is 65.1 cm³/mol. The summed E-state index contributed by atoms with van der Waals surface area (Å²) in [5, 5.41) is 4.76. The normalized spacial score (nSPS) is 13.7. The molecule has 0 spiro atoms. The molecule has 0 bridgehead atoms. The fourth-order valence-corrected chi connectivity index (χ4v) is 1.56. The van der Waals surface area contributed by atoms with Gasteiger partial charge in [-0.3, -0.25) is 15.4 Å². The summed E-state index contributed by atoms with van der Waals surface area (Å²) in [7, 11) is 0. The van der Waals surface area contributed by atoms with Crippen LogP contribution in [0.3, 0.4) is 0 Å². The van der Waals surface area contributed by atoms with Crippen LogP contribution >= 0.6 is 0 Å². The molecule has 0 heterocycles. The lowest BCUT2D eigenvalue weighted by Gasteiger charge is -2.19. The Morgan fingerprint density at radius 2 is 1.84 bits per heavy atom. The zero-order valence-electron chi connectivity index (χ0n) is 10.5. The number of carbonyl (C=O) groups is 2. The van der Waals surface area contributed by atoms with Crippen molar-refractivity contribution in [2.45, 2.75) is 25.9 Å². The van der Waals surface area contributed by atoms with E-state index in [1.807, 2.05) is 5.32 Å². The molecule has 0 aliphatic rings. The third-order valence-electron chi connectivity index (χ3n) is 2.58. The molecule has 4 N–H and O–H groups in total.